The fourth-order valence-electron chi connectivity index (χ4n) is 1.62. The molecule has 0 aliphatic carbocycles. The smallest absolute Gasteiger partial charge is 0.228 e. The first-order valence-corrected chi connectivity index (χ1v) is 6.33. The number of anilines is 1. The minimum atomic E-state index is -0.789. The van der Waals surface area contributed by atoms with Crippen LogP contribution in [0.5, 0.6) is 0 Å². The van der Waals surface area contributed by atoms with E-state index in [-0.39, 0.29) is 18.0 Å². The van der Waals surface area contributed by atoms with Crippen LogP contribution in [0.4, 0.5) is 14.5 Å². The summed E-state index contributed by atoms with van der Waals surface area (Å²) in [6, 6.07) is 10.3. The van der Waals surface area contributed by atoms with E-state index in [0.717, 1.165) is 22.2 Å². The Hall–Kier alpha value is -1.75. The van der Waals surface area contributed by atoms with Crippen LogP contribution in [0.25, 0.3) is 0 Å². The highest BCUT2D eigenvalue weighted by Gasteiger charge is 2.08. The number of halogens is 3. The average Bonchev–Trinajstić information content (AvgIpc) is 2.33. The third-order valence-electron chi connectivity index (χ3n) is 2.46. The molecule has 19 heavy (non-hydrogen) atoms. The summed E-state index contributed by atoms with van der Waals surface area (Å²) in [7, 11) is 0. The van der Waals surface area contributed by atoms with Gasteiger partial charge in [0.2, 0.25) is 5.91 Å². The van der Waals surface area contributed by atoms with Crippen molar-refractivity contribution < 1.29 is 13.6 Å². The molecule has 0 spiro atoms. The lowest BCUT2D eigenvalue weighted by atomic mass is 10.1. The monoisotopic (exact) mass is 325 g/mol. The molecule has 0 saturated heterocycles. The highest BCUT2D eigenvalue weighted by Crippen LogP contribution is 2.16. The van der Waals surface area contributed by atoms with Crippen LogP contribution >= 0.6 is 15.9 Å². The van der Waals surface area contributed by atoms with Gasteiger partial charge >= 0.3 is 0 Å². The van der Waals surface area contributed by atoms with Crippen molar-refractivity contribution in [3.63, 3.8) is 0 Å². The number of carbonyl (C=O) groups is 1. The molecule has 0 heterocycles. The zero-order valence-electron chi connectivity index (χ0n) is 9.79. The fourth-order valence-corrected chi connectivity index (χ4v) is 2.06. The normalized spacial score (nSPS) is 10.3. The lowest BCUT2D eigenvalue weighted by Crippen LogP contribution is -2.15. The summed E-state index contributed by atoms with van der Waals surface area (Å²) in [6.45, 7) is 0. The minimum Gasteiger partial charge on any atom is -0.323 e. The van der Waals surface area contributed by atoms with E-state index in [4.69, 9.17) is 0 Å². The highest BCUT2D eigenvalue weighted by atomic mass is 79.9. The molecule has 0 aromatic heterocycles. The Morgan fingerprint density at radius 1 is 1.16 bits per heavy atom. The van der Waals surface area contributed by atoms with E-state index in [9.17, 15) is 13.6 Å². The summed E-state index contributed by atoms with van der Waals surface area (Å²) in [5.41, 5.74) is 0.774. The van der Waals surface area contributed by atoms with Crippen molar-refractivity contribution in [3.05, 3.63) is 64.1 Å². The van der Waals surface area contributed by atoms with Crippen LogP contribution < -0.4 is 5.32 Å². The number of nitrogens with one attached hydrogen (secondary N) is 1. The van der Waals surface area contributed by atoms with Crippen molar-refractivity contribution in [2.45, 2.75) is 6.42 Å². The van der Waals surface area contributed by atoms with Crippen molar-refractivity contribution in [1.82, 2.24) is 0 Å². The zero-order chi connectivity index (χ0) is 13.8. The molecule has 2 aromatic carbocycles. The van der Waals surface area contributed by atoms with Crippen molar-refractivity contribution in [2.24, 2.45) is 0 Å². The maximum Gasteiger partial charge on any atom is 0.228 e. The number of benzene rings is 2. The van der Waals surface area contributed by atoms with Gasteiger partial charge in [-0.1, -0.05) is 28.1 Å². The molecule has 1 amide bonds. The SMILES string of the molecule is O=C(Cc1cccc(Br)c1)Nc1ccc(F)cc1F. The van der Waals surface area contributed by atoms with Gasteiger partial charge in [-0.2, -0.15) is 0 Å². The van der Waals surface area contributed by atoms with E-state index >= 15 is 0 Å². The largest absolute Gasteiger partial charge is 0.323 e. The zero-order valence-corrected chi connectivity index (χ0v) is 11.4. The van der Waals surface area contributed by atoms with E-state index in [1.807, 2.05) is 12.1 Å². The second kappa shape index (κ2) is 5.93. The summed E-state index contributed by atoms with van der Waals surface area (Å²) in [6.07, 6.45) is 0.121. The Labute approximate surface area is 117 Å². The van der Waals surface area contributed by atoms with E-state index in [0.29, 0.717) is 0 Å². The van der Waals surface area contributed by atoms with Gasteiger partial charge in [0.15, 0.2) is 0 Å². The maximum absolute atomic E-state index is 13.4. The van der Waals surface area contributed by atoms with Crippen LogP contribution in [-0.4, -0.2) is 5.91 Å². The summed E-state index contributed by atoms with van der Waals surface area (Å²) >= 11 is 3.31. The van der Waals surface area contributed by atoms with Gasteiger partial charge in [-0.25, -0.2) is 8.78 Å². The van der Waals surface area contributed by atoms with E-state index in [2.05, 4.69) is 21.2 Å². The Morgan fingerprint density at radius 2 is 1.95 bits per heavy atom. The van der Waals surface area contributed by atoms with Gasteiger partial charge in [0.1, 0.15) is 11.6 Å². The standard InChI is InChI=1S/C14H10BrF2NO/c15-10-3-1-2-9(6-10)7-14(19)18-13-5-4-11(16)8-12(13)17/h1-6,8H,7H2,(H,18,19). The molecule has 2 rings (SSSR count). The second-order valence-electron chi connectivity index (χ2n) is 3.98. The van der Waals surface area contributed by atoms with Gasteiger partial charge in [0.05, 0.1) is 12.1 Å². The molecular formula is C14H10BrF2NO. The molecule has 0 fully saturated rings. The molecule has 98 valence electrons. The summed E-state index contributed by atoms with van der Waals surface area (Å²) < 4.78 is 26.9. The van der Waals surface area contributed by atoms with Gasteiger partial charge in [-0.3, -0.25) is 4.79 Å². The Bertz CT molecular complexity index is 616. The fraction of sp³-hybridized carbons (Fsp3) is 0.0714. The predicted octanol–water partition coefficient (Wildman–Crippen LogP) is 3.91. The number of rotatable bonds is 3. The molecule has 0 atom stereocenters. The molecular weight excluding hydrogens is 316 g/mol. The third kappa shape index (κ3) is 3.86. The highest BCUT2D eigenvalue weighted by molar-refractivity contribution is 9.10. The second-order valence-corrected chi connectivity index (χ2v) is 4.89. The predicted molar refractivity (Wildman–Crippen MR) is 72.8 cm³/mol. The molecule has 0 saturated carbocycles. The van der Waals surface area contributed by atoms with Crippen LogP contribution in [-0.2, 0) is 11.2 Å². The quantitative estimate of drug-likeness (QED) is 0.910. The molecule has 2 nitrogen and oxygen atoms in total. The number of carbonyl (C=O) groups excluding carboxylic acids is 1. The van der Waals surface area contributed by atoms with Crippen LogP contribution in [0.15, 0.2) is 46.9 Å². The maximum atomic E-state index is 13.4. The van der Waals surface area contributed by atoms with Crippen molar-refractivity contribution in [3.8, 4) is 0 Å². The number of hydrogen-bond acceptors (Lipinski definition) is 1. The summed E-state index contributed by atoms with van der Waals surface area (Å²) in [5, 5.41) is 2.41. The Kier molecular flexibility index (Phi) is 4.27. The third-order valence-corrected chi connectivity index (χ3v) is 2.95. The Balaban J connectivity index is 2.05. The summed E-state index contributed by atoms with van der Waals surface area (Å²) in [5.74, 6) is -1.83. The van der Waals surface area contributed by atoms with Gasteiger partial charge in [0, 0.05) is 10.5 Å². The first-order chi connectivity index (χ1) is 9.04. The van der Waals surface area contributed by atoms with Crippen molar-refractivity contribution >= 4 is 27.5 Å². The van der Waals surface area contributed by atoms with E-state index in [1.165, 1.54) is 6.07 Å². The van der Waals surface area contributed by atoms with Gasteiger partial charge in [-0.15, -0.1) is 0 Å². The topological polar surface area (TPSA) is 29.1 Å². The molecule has 0 unspecified atom stereocenters. The molecule has 0 aliphatic rings. The Morgan fingerprint density at radius 3 is 2.63 bits per heavy atom. The van der Waals surface area contributed by atoms with Crippen molar-refractivity contribution in [1.29, 1.82) is 0 Å². The number of amides is 1. The molecule has 1 N–H and O–H groups in total. The van der Waals surface area contributed by atoms with Crippen LogP contribution in [0, 0.1) is 11.6 Å². The molecule has 2 aromatic rings. The van der Waals surface area contributed by atoms with E-state index in [1.54, 1.807) is 12.1 Å². The van der Waals surface area contributed by atoms with Crippen LogP contribution in [0.1, 0.15) is 5.56 Å². The van der Waals surface area contributed by atoms with Gasteiger partial charge in [0.25, 0.3) is 0 Å². The van der Waals surface area contributed by atoms with Crippen molar-refractivity contribution in [2.75, 3.05) is 5.32 Å². The summed E-state index contributed by atoms with van der Waals surface area (Å²) in [4.78, 5) is 11.7. The van der Waals surface area contributed by atoms with Gasteiger partial charge < -0.3 is 5.32 Å². The lowest BCUT2D eigenvalue weighted by molar-refractivity contribution is -0.115. The van der Waals surface area contributed by atoms with E-state index < -0.39 is 11.6 Å². The van der Waals surface area contributed by atoms with Gasteiger partial charge in [-0.05, 0) is 29.8 Å². The minimum absolute atomic E-state index is 0.0265. The lowest BCUT2D eigenvalue weighted by Gasteiger charge is -2.06. The average molecular weight is 326 g/mol. The molecule has 5 heteroatoms. The first kappa shape index (κ1) is 13.7. The molecule has 0 aliphatic heterocycles. The van der Waals surface area contributed by atoms with Crippen LogP contribution in [0.3, 0.4) is 0 Å². The van der Waals surface area contributed by atoms with Crippen LogP contribution in [0.2, 0.25) is 0 Å². The molecule has 0 radical (unpaired) electrons. The first-order valence-electron chi connectivity index (χ1n) is 5.54. The number of hydrogen-bond donors (Lipinski definition) is 1. The molecule has 0 bridgehead atoms.